The zero-order valence-electron chi connectivity index (χ0n) is 15.9. The topological polar surface area (TPSA) is 67.2 Å². The lowest BCUT2D eigenvalue weighted by Gasteiger charge is -2.32. The van der Waals surface area contributed by atoms with Gasteiger partial charge in [0.05, 0.1) is 12.1 Å². The van der Waals surface area contributed by atoms with Gasteiger partial charge in [-0.05, 0) is 31.7 Å². The molecule has 2 amide bonds. The molecule has 0 unspecified atom stereocenters. The smallest absolute Gasteiger partial charge is 0.225 e. The molecule has 3 rings (SSSR count). The summed E-state index contributed by atoms with van der Waals surface area (Å²) in [6.45, 7) is 4.56. The van der Waals surface area contributed by atoms with Gasteiger partial charge in [0.1, 0.15) is 0 Å². The van der Waals surface area contributed by atoms with Crippen LogP contribution in [0.25, 0.3) is 0 Å². The molecule has 0 spiro atoms. The average Bonchev–Trinajstić information content (AvgIpc) is 3.16. The Morgan fingerprint density at radius 3 is 2.81 bits per heavy atom. The molecular weight excluding hydrogens is 340 g/mol. The minimum atomic E-state index is -0.124. The number of aromatic nitrogens is 2. The van der Waals surface area contributed by atoms with Crippen LogP contribution in [0.4, 0.5) is 0 Å². The van der Waals surface area contributed by atoms with Crippen molar-refractivity contribution in [3.05, 3.63) is 53.9 Å². The number of nitrogens with zero attached hydrogens (tertiary/aromatic N) is 3. The highest BCUT2D eigenvalue weighted by Gasteiger charge is 2.29. The maximum atomic E-state index is 12.5. The van der Waals surface area contributed by atoms with Gasteiger partial charge in [-0.1, -0.05) is 30.3 Å². The summed E-state index contributed by atoms with van der Waals surface area (Å²) < 4.78 is 1.84. The van der Waals surface area contributed by atoms with E-state index in [1.54, 1.807) is 6.20 Å². The largest absolute Gasteiger partial charge is 0.352 e. The van der Waals surface area contributed by atoms with Crippen LogP contribution in [-0.4, -0.2) is 39.6 Å². The Morgan fingerprint density at radius 2 is 2.07 bits per heavy atom. The summed E-state index contributed by atoms with van der Waals surface area (Å²) in [6.07, 6.45) is 6.68. The van der Waals surface area contributed by atoms with Crippen LogP contribution in [0.3, 0.4) is 0 Å². The molecular formula is C21H28N4O2. The Morgan fingerprint density at radius 1 is 1.26 bits per heavy atom. The third-order valence-electron chi connectivity index (χ3n) is 5.08. The zero-order chi connectivity index (χ0) is 19.1. The fourth-order valence-electron chi connectivity index (χ4n) is 3.47. The molecule has 2 heterocycles. The molecule has 1 saturated heterocycles. The highest BCUT2D eigenvalue weighted by molar-refractivity contribution is 5.83. The first kappa shape index (κ1) is 19.1. The molecule has 2 aromatic rings. The van der Waals surface area contributed by atoms with E-state index in [-0.39, 0.29) is 17.7 Å². The first-order chi connectivity index (χ1) is 13.2. The lowest BCUT2D eigenvalue weighted by Crippen LogP contribution is -2.46. The standard InChI is InChI=1S/C21H28N4O2/c1-2-25-15-18(14-23-25)13-22-21(27)19-10-11-20(26)24(16-19)12-6-9-17-7-4-3-5-8-17/h3-5,7-8,14-15,19H,2,6,9-13,16H2,1H3,(H,22,27)/t19-/m0/s1. The molecule has 6 heteroatoms. The molecule has 1 aliphatic heterocycles. The summed E-state index contributed by atoms with van der Waals surface area (Å²) in [5, 5.41) is 7.21. The lowest BCUT2D eigenvalue weighted by atomic mass is 9.96. The van der Waals surface area contributed by atoms with Gasteiger partial charge in [-0.3, -0.25) is 14.3 Å². The van der Waals surface area contributed by atoms with Crippen LogP contribution in [0.2, 0.25) is 0 Å². The predicted octanol–water partition coefficient (Wildman–Crippen LogP) is 2.39. The Balaban J connectivity index is 1.45. The van der Waals surface area contributed by atoms with Gasteiger partial charge in [0.2, 0.25) is 11.8 Å². The van der Waals surface area contributed by atoms with Crippen molar-refractivity contribution in [1.82, 2.24) is 20.0 Å². The van der Waals surface area contributed by atoms with Crippen molar-refractivity contribution in [1.29, 1.82) is 0 Å². The zero-order valence-corrected chi connectivity index (χ0v) is 15.9. The average molecular weight is 368 g/mol. The van der Waals surface area contributed by atoms with Gasteiger partial charge in [0, 0.05) is 44.4 Å². The van der Waals surface area contributed by atoms with Gasteiger partial charge in [-0.2, -0.15) is 5.10 Å². The normalized spacial score (nSPS) is 17.1. The third kappa shape index (κ3) is 5.42. The summed E-state index contributed by atoms with van der Waals surface area (Å²) in [7, 11) is 0. The van der Waals surface area contributed by atoms with Crippen molar-refractivity contribution in [3.63, 3.8) is 0 Å². The van der Waals surface area contributed by atoms with Gasteiger partial charge >= 0.3 is 0 Å². The first-order valence-corrected chi connectivity index (χ1v) is 9.76. The van der Waals surface area contributed by atoms with Crippen LogP contribution in [0.1, 0.15) is 37.3 Å². The number of benzene rings is 1. The number of piperidine rings is 1. The van der Waals surface area contributed by atoms with E-state index in [1.165, 1.54) is 5.56 Å². The number of rotatable bonds is 8. The van der Waals surface area contributed by atoms with Crippen molar-refractivity contribution in [2.24, 2.45) is 5.92 Å². The fraction of sp³-hybridized carbons (Fsp3) is 0.476. The van der Waals surface area contributed by atoms with Gasteiger partial charge < -0.3 is 10.2 Å². The SMILES string of the molecule is CCn1cc(CNC(=O)[C@H]2CCC(=O)N(CCCc3ccccc3)C2)cn1. The summed E-state index contributed by atoms with van der Waals surface area (Å²) in [5.41, 5.74) is 2.28. The molecule has 0 saturated carbocycles. The summed E-state index contributed by atoms with van der Waals surface area (Å²) in [4.78, 5) is 26.6. The van der Waals surface area contributed by atoms with Crippen LogP contribution in [0.5, 0.6) is 0 Å². The van der Waals surface area contributed by atoms with Gasteiger partial charge in [0.25, 0.3) is 0 Å². The Labute approximate surface area is 160 Å². The molecule has 1 aromatic carbocycles. The molecule has 144 valence electrons. The monoisotopic (exact) mass is 368 g/mol. The van der Waals surface area contributed by atoms with E-state index in [0.717, 1.165) is 24.9 Å². The van der Waals surface area contributed by atoms with Gasteiger partial charge in [0.15, 0.2) is 0 Å². The summed E-state index contributed by atoms with van der Waals surface area (Å²) >= 11 is 0. The number of likely N-dealkylation sites (tertiary alicyclic amines) is 1. The second-order valence-electron chi connectivity index (χ2n) is 7.09. The molecule has 6 nitrogen and oxygen atoms in total. The minimum Gasteiger partial charge on any atom is -0.352 e. The number of aryl methyl sites for hydroxylation is 2. The van der Waals surface area contributed by atoms with E-state index in [0.29, 0.717) is 32.5 Å². The third-order valence-corrected chi connectivity index (χ3v) is 5.08. The van der Waals surface area contributed by atoms with E-state index in [9.17, 15) is 9.59 Å². The van der Waals surface area contributed by atoms with E-state index in [2.05, 4.69) is 22.5 Å². The molecule has 27 heavy (non-hydrogen) atoms. The second-order valence-corrected chi connectivity index (χ2v) is 7.09. The number of carbonyl (C=O) groups is 2. The molecule has 0 aliphatic carbocycles. The van der Waals surface area contributed by atoms with Crippen LogP contribution in [0.15, 0.2) is 42.7 Å². The predicted molar refractivity (Wildman–Crippen MR) is 104 cm³/mol. The summed E-state index contributed by atoms with van der Waals surface area (Å²) in [5.74, 6) is 0.0665. The van der Waals surface area contributed by atoms with Crippen LogP contribution in [-0.2, 0) is 29.1 Å². The number of hydrogen-bond donors (Lipinski definition) is 1. The Hall–Kier alpha value is -2.63. The van der Waals surface area contributed by atoms with Crippen LogP contribution < -0.4 is 5.32 Å². The van der Waals surface area contributed by atoms with E-state index in [4.69, 9.17) is 0 Å². The van der Waals surface area contributed by atoms with Gasteiger partial charge in [-0.15, -0.1) is 0 Å². The minimum absolute atomic E-state index is 0.0276. The molecule has 1 aromatic heterocycles. The van der Waals surface area contributed by atoms with Crippen LogP contribution >= 0.6 is 0 Å². The number of hydrogen-bond acceptors (Lipinski definition) is 3. The number of carbonyl (C=O) groups excluding carboxylic acids is 2. The summed E-state index contributed by atoms with van der Waals surface area (Å²) in [6, 6.07) is 10.3. The number of amides is 2. The molecule has 0 radical (unpaired) electrons. The molecule has 1 N–H and O–H groups in total. The quantitative estimate of drug-likeness (QED) is 0.778. The molecule has 1 atom stereocenters. The van der Waals surface area contributed by atoms with E-state index < -0.39 is 0 Å². The van der Waals surface area contributed by atoms with Crippen molar-refractivity contribution in [2.45, 2.75) is 45.7 Å². The maximum absolute atomic E-state index is 12.5. The molecule has 0 bridgehead atoms. The second kappa shape index (κ2) is 9.35. The highest BCUT2D eigenvalue weighted by Crippen LogP contribution is 2.19. The highest BCUT2D eigenvalue weighted by atomic mass is 16.2. The number of nitrogens with one attached hydrogen (secondary N) is 1. The van der Waals surface area contributed by atoms with Crippen LogP contribution in [0, 0.1) is 5.92 Å². The first-order valence-electron chi connectivity index (χ1n) is 9.76. The maximum Gasteiger partial charge on any atom is 0.225 e. The van der Waals surface area contributed by atoms with Crippen molar-refractivity contribution in [2.75, 3.05) is 13.1 Å². The van der Waals surface area contributed by atoms with Crippen molar-refractivity contribution >= 4 is 11.8 Å². The molecule has 1 aliphatic rings. The molecule has 1 fully saturated rings. The Bertz CT molecular complexity index is 757. The Kier molecular flexibility index (Phi) is 6.63. The van der Waals surface area contributed by atoms with E-state index in [1.807, 2.05) is 40.9 Å². The van der Waals surface area contributed by atoms with Crippen molar-refractivity contribution in [3.8, 4) is 0 Å². The fourth-order valence-corrected chi connectivity index (χ4v) is 3.47. The van der Waals surface area contributed by atoms with Gasteiger partial charge in [-0.25, -0.2) is 0 Å². The van der Waals surface area contributed by atoms with E-state index >= 15 is 0 Å². The lowest BCUT2D eigenvalue weighted by molar-refractivity contribution is -0.138. The van der Waals surface area contributed by atoms with Crippen molar-refractivity contribution < 1.29 is 9.59 Å².